The van der Waals surface area contributed by atoms with Crippen molar-refractivity contribution in [3.05, 3.63) is 12.2 Å². The molecule has 0 spiro atoms. The van der Waals surface area contributed by atoms with E-state index >= 15 is 0 Å². The van der Waals surface area contributed by atoms with Gasteiger partial charge in [0.1, 0.15) is 0 Å². The van der Waals surface area contributed by atoms with E-state index in [1.165, 1.54) is 20.6 Å². The van der Waals surface area contributed by atoms with E-state index in [1.807, 2.05) is 12.2 Å². The highest BCUT2D eigenvalue weighted by Crippen LogP contribution is 2.25. The van der Waals surface area contributed by atoms with Crippen LogP contribution in [0.4, 0.5) is 0 Å². The highest BCUT2D eigenvalue weighted by molar-refractivity contribution is 5.95. The molecule has 0 N–H and O–H groups in total. The molecule has 0 heterocycles. The Bertz CT molecular complexity index is 280. The summed E-state index contributed by atoms with van der Waals surface area (Å²) in [5.41, 5.74) is 0. The average Bonchev–Trinajstić information content (AvgIpc) is 2.31. The smallest absolute Gasteiger partial charge is 0.320 e. The van der Waals surface area contributed by atoms with Crippen LogP contribution in [-0.2, 0) is 19.1 Å². The van der Waals surface area contributed by atoms with Gasteiger partial charge in [0.05, 0.1) is 14.2 Å². The van der Waals surface area contributed by atoms with Crippen LogP contribution in [0.1, 0.15) is 32.1 Å². The molecular formula is C13H20O4. The lowest BCUT2D eigenvalue weighted by molar-refractivity contribution is -0.160. The molecule has 0 aromatic heterocycles. The van der Waals surface area contributed by atoms with Gasteiger partial charge in [-0.1, -0.05) is 25.0 Å². The first-order valence-electron chi connectivity index (χ1n) is 6.03. The van der Waals surface area contributed by atoms with Crippen molar-refractivity contribution < 1.29 is 19.1 Å². The summed E-state index contributed by atoms with van der Waals surface area (Å²) in [4.78, 5) is 23.3. The zero-order chi connectivity index (χ0) is 12.7. The lowest BCUT2D eigenvalue weighted by atomic mass is 9.85. The Morgan fingerprint density at radius 1 is 1.12 bits per heavy atom. The van der Waals surface area contributed by atoms with Crippen LogP contribution in [0.2, 0.25) is 0 Å². The number of esters is 2. The topological polar surface area (TPSA) is 52.6 Å². The molecule has 0 fully saturated rings. The van der Waals surface area contributed by atoms with Crippen molar-refractivity contribution in [1.82, 2.24) is 0 Å². The van der Waals surface area contributed by atoms with E-state index in [1.54, 1.807) is 0 Å². The van der Waals surface area contributed by atoms with Crippen LogP contribution >= 0.6 is 0 Å². The van der Waals surface area contributed by atoms with Gasteiger partial charge in [-0.3, -0.25) is 9.59 Å². The van der Waals surface area contributed by atoms with Crippen LogP contribution in [0.25, 0.3) is 0 Å². The lowest BCUT2D eigenvalue weighted by Gasteiger charge is -2.21. The second-order valence-corrected chi connectivity index (χ2v) is 4.25. The van der Waals surface area contributed by atoms with E-state index in [-0.39, 0.29) is 5.92 Å². The predicted molar refractivity (Wildman–Crippen MR) is 63.2 cm³/mol. The van der Waals surface area contributed by atoms with Crippen LogP contribution in [0.3, 0.4) is 0 Å². The SMILES string of the molecule is COC(=O)C(C(=O)OC)[C@H]1/C=C\CCCCC1. The molecule has 0 amide bonds. The molecule has 96 valence electrons. The summed E-state index contributed by atoms with van der Waals surface area (Å²) < 4.78 is 9.37. The van der Waals surface area contributed by atoms with Gasteiger partial charge in [0, 0.05) is 5.92 Å². The molecule has 1 aliphatic rings. The van der Waals surface area contributed by atoms with Crippen LogP contribution in [0, 0.1) is 11.8 Å². The minimum Gasteiger partial charge on any atom is -0.468 e. The van der Waals surface area contributed by atoms with Crippen molar-refractivity contribution in [3.63, 3.8) is 0 Å². The van der Waals surface area contributed by atoms with Gasteiger partial charge in [-0.25, -0.2) is 0 Å². The van der Waals surface area contributed by atoms with Crippen LogP contribution in [0.15, 0.2) is 12.2 Å². The second kappa shape index (κ2) is 7.09. The number of allylic oxidation sites excluding steroid dienone is 2. The maximum Gasteiger partial charge on any atom is 0.320 e. The van der Waals surface area contributed by atoms with E-state index in [0.29, 0.717) is 0 Å². The van der Waals surface area contributed by atoms with Gasteiger partial charge >= 0.3 is 11.9 Å². The third-order valence-electron chi connectivity index (χ3n) is 3.13. The zero-order valence-electron chi connectivity index (χ0n) is 10.5. The summed E-state index contributed by atoms with van der Waals surface area (Å²) in [6.45, 7) is 0. The number of carbonyl (C=O) groups excluding carboxylic acids is 2. The molecule has 0 saturated heterocycles. The van der Waals surface area contributed by atoms with Gasteiger partial charge in [-0.05, 0) is 19.3 Å². The Balaban J connectivity index is 2.82. The summed E-state index contributed by atoms with van der Waals surface area (Å²) >= 11 is 0. The molecule has 0 aliphatic heterocycles. The first-order valence-corrected chi connectivity index (χ1v) is 6.03. The Kier molecular flexibility index (Phi) is 5.73. The van der Waals surface area contributed by atoms with Crippen molar-refractivity contribution >= 4 is 11.9 Å². The fourth-order valence-electron chi connectivity index (χ4n) is 2.16. The minimum atomic E-state index is -0.820. The maximum atomic E-state index is 11.7. The summed E-state index contributed by atoms with van der Waals surface area (Å²) in [6.07, 6.45) is 9.16. The molecule has 0 bridgehead atoms. The largest absolute Gasteiger partial charge is 0.468 e. The first-order chi connectivity index (χ1) is 8.20. The van der Waals surface area contributed by atoms with Gasteiger partial charge in [0.25, 0.3) is 0 Å². The molecule has 0 aromatic carbocycles. The first kappa shape index (κ1) is 13.7. The van der Waals surface area contributed by atoms with Crippen molar-refractivity contribution in [2.24, 2.45) is 11.8 Å². The zero-order valence-corrected chi connectivity index (χ0v) is 10.5. The van der Waals surface area contributed by atoms with Gasteiger partial charge in [-0.2, -0.15) is 0 Å². The summed E-state index contributed by atoms with van der Waals surface area (Å²) in [5, 5.41) is 0. The summed E-state index contributed by atoms with van der Waals surface area (Å²) in [5.74, 6) is -1.94. The standard InChI is InChI=1S/C13H20O4/c1-16-12(14)11(13(15)17-2)10-8-6-4-3-5-7-9-10/h6,8,10-11H,3-5,7,9H2,1-2H3/b8-6-/t10-/m0/s1. The van der Waals surface area contributed by atoms with Gasteiger partial charge in [-0.15, -0.1) is 0 Å². The van der Waals surface area contributed by atoms with Gasteiger partial charge in [0.2, 0.25) is 0 Å². The molecule has 1 rings (SSSR count). The van der Waals surface area contributed by atoms with Crippen LogP contribution in [0.5, 0.6) is 0 Å². The van der Waals surface area contributed by atoms with E-state index in [9.17, 15) is 9.59 Å². The van der Waals surface area contributed by atoms with E-state index in [2.05, 4.69) is 9.47 Å². The lowest BCUT2D eigenvalue weighted by Crippen LogP contribution is -2.32. The Labute approximate surface area is 102 Å². The van der Waals surface area contributed by atoms with Crippen molar-refractivity contribution in [3.8, 4) is 0 Å². The van der Waals surface area contributed by atoms with Crippen LogP contribution < -0.4 is 0 Å². The second-order valence-electron chi connectivity index (χ2n) is 4.25. The quantitative estimate of drug-likeness (QED) is 0.430. The molecule has 4 heteroatoms. The third kappa shape index (κ3) is 3.88. The Morgan fingerprint density at radius 3 is 2.35 bits per heavy atom. The fourth-order valence-corrected chi connectivity index (χ4v) is 2.16. The Morgan fingerprint density at radius 2 is 1.76 bits per heavy atom. The number of ether oxygens (including phenoxy) is 2. The number of rotatable bonds is 3. The highest BCUT2D eigenvalue weighted by Gasteiger charge is 2.35. The maximum absolute atomic E-state index is 11.7. The van der Waals surface area contributed by atoms with Crippen LogP contribution in [-0.4, -0.2) is 26.2 Å². The summed E-state index contributed by atoms with van der Waals surface area (Å²) in [7, 11) is 2.59. The molecule has 0 unspecified atom stereocenters. The molecule has 1 atom stereocenters. The van der Waals surface area contributed by atoms with Crippen molar-refractivity contribution in [2.45, 2.75) is 32.1 Å². The molecule has 1 aliphatic carbocycles. The number of hydrogen-bond acceptors (Lipinski definition) is 4. The van der Waals surface area contributed by atoms with E-state index < -0.39 is 17.9 Å². The average molecular weight is 240 g/mol. The predicted octanol–water partition coefficient (Wildman–Crippen LogP) is 2.09. The molecule has 17 heavy (non-hydrogen) atoms. The summed E-state index contributed by atoms with van der Waals surface area (Å²) in [6, 6.07) is 0. The molecule has 0 aromatic rings. The van der Waals surface area contributed by atoms with Crippen molar-refractivity contribution in [1.29, 1.82) is 0 Å². The number of methoxy groups -OCH3 is 2. The third-order valence-corrected chi connectivity index (χ3v) is 3.13. The monoisotopic (exact) mass is 240 g/mol. The van der Waals surface area contributed by atoms with Gasteiger partial charge in [0.15, 0.2) is 5.92 Å². The molecule has 4 nitrogen and oxygen atoms in total. The van der Waals surface area contributed by atoms with E-state index in [4.69, 9.17) is 0 Å². The molecule has 0 radical (unpaired) electrons. The molecular weight excluding hydrogens is 220 g/mol. The normalized spacial score (nSPS) is 22.4. The minimum absolute atomic E-state index is 0.102. The van der Waals surface area contributed by atoms with E-state index in [0.717, 1.165) is 25.7 Å². The fraction of sp³-hybridized carbons (Fsp3) is 0.692. The Hall–Kier alpha value is -1.32. The van der Waals surface area contributed by atoms with Gasteiger partial charge < -0.3 is 9.47 Å². The van der Waals surface area contributed by atoms with Crippen molar-refractivity contribution in [2.75, 3.05) is 14.2 Å². The number of hydrogen-bond donors (Lipinski definition) is 0. The molecule has 0 saturated carbocycles. The highest BCUT2D eigenvalue weighted by atomic mass is 16.5. The number of carbonyl (C=O) groups is 2.